The molecule has 3 rings (SSSR count). The molecule has 0 aliphatic carbocycles. The predicted molar refractivity (Wildman–Crippen MR) is 106 cm³/mol. The molecule has 2 aromatic carbocycles. The Morgan fingerprint density at radius 2 is 1.88 bits per heavy atom. The van der Waals surface area contributed by atoms with Crippen LogP contribution in [0.15, 0.2) is 57.7 Å². The first kappa shape index (κ1) is 17.9. The minimum absolute atomic E-state index is 0.328. The molecule has 0 spiro atoms. The molecule has 130 valence electrons. The van der Waals surface area contributed by atoms with Crippen molar-refractivity contribution >= 4 is 33.4 Å². The van der Waals surface area contributed by atoms with Gasteiger partial charge in [-0.25, -0.2) is 4.79 Å². The molecule has 0 N–H and O–H groups in total. The summed E-state index contributed by atoms with van der Waals surface area (Å²) in [5.74, 6) is 1.33. The number of ether oxygens (including phenoxy) is 2. The van der Waals surface area contributed by atoms with Crippen molar-refractivity contribution in [1.29, 1.82) is 0 Å². The highest BCUT2D eigenvalue weighted by Gasteiger charge is 2.06. The monoisotopic (exact) mass is 450 g/mol. The molecule has 25 heavy (non-hydrogen) atoms. The van der Waals surface area contributed by atoms with Gasteiger partial charge in [-0.3, -0.25) is 0 Å². The molecule has 0 saturated heterocycles. The van der Waals surface area contributed by atoms with Gasteiger partial charge < -0.3 is 13.9 Å². The van der Waals surface area contributed by atoms with E-state index in [4.69, 9.17) is 13.9 Å². The third-order valence-electron chi connectivity index (χ3n) is 3.91. The molecular weight excluding hydrogens is 431 g/mol. The highest BCUT2D eigenvalue weighted by molar-refractivity contribution is 14.1. The lowest BCUT2D eigenvalue weighted by Crippen LogP contribution is -2.04. The molecule has 0 amide bonds. The summed E-state index contributed by atoms with van der Waals surface area (Å²) in [5.41, 5.74) is 0.831. The molecular formula is C20H19IO4. The third-order valence-corrected chi connectivity index (χ3v) is 4.63. The summed E-state index contributed by atoms with van der Waals surface area (Å²) in [5, 5.41) is 1.41. The van der Waals surface area contributed by atoms with E-state index in [0.29, 0.717) is 36.5 Å². The number of hydrogen-bond donors (Lipinski definition) is 0. The average molecular weight is 450 g/mol. The van der Waals surface area contributed by atoms with Crippen LogP contribution < -0.4 is 10.4 Å². The summed E-state index contributed by atoms with van der Waals surface area (Å²) in [7, 11) is 1.58. The van der Waals surface area contributed by atoms with Gasteiger partial charge >= 0.3 is 5.63 Å². The largest absolute Gasteiger partial charge is 0.497 e. The fraction of sp³-hybridized carbons (Fsp3) is 0.250. The standard InChI is InChI=1S/C20H19IO4/c1-23-17-9-6-15-11-18(25-20(22)19(15)12-17)3-2-10-24-13-14-4-7-16(21)8-5-14/h4-9,11-12H,2-3,10,13H2,1H3. The first-order valence-electron chi connectivity index (χ1n) is 8.08. The predicted octanol–water partition coefficient (Wildman–Crippen LogP) is 4.56. The van der Waals surface area contributed by atoms with Crippen molar-refractivity contribution in [3.8, 4) is 5.75 Å². The van der Waals surface area contributed by atoms with E-state index in [1.807, 2.05) is 18.2 Å². The molecule has 0 radical (unpaired) electrons. The summed E-state index contributed by atoms with van der Waals surface area (Å²) >= 11 is 2.28. The van der Waals surface area contributed by atoms with Crippen LogP contribution in [0.25, 0.3) is 10.8 Å². The van der Waals surface area contributed by atoms with E-state index in [2.05, 4.69) is 46.9 Å². The molecule has 5 heteroatoms. The van der Waals surface area contributed by atoms with Crippen molar-refractivity contribution in [2.24, 2.45) is 0 Å². The molecule has 0 saturated carbocycles. The molecule has 0 atom stereocenters. The molecule has 0 aliphatic heterocycles. The van der Waals surface area contributed by atoms with Gasteiger partial charge in [0.2, 0.25) is 0 Å². The second-order valence-corrected chi connectivity index (χ2v) is 6.98. The summed E-state index contributed by atoms with van der Waals surface area (Å²) in [6.07, 6.45) is 1.47. The van der Waals surface area contributed by atoms with Crippen LogP contribution in [0.4, 0.5) is 0 Å². The van der Waals surface area contributed by atoms with E-state index in [0.717, 1.165) is 17.4 Å². The SMILES string of the molecule is COc1ccc2cc(CCCOCc3ccc(I)cc3)oc(=O)c2c1. The lowest BCUT2D eigenvalue weighted by molar-refractivity contribution is 0.117. The van der Waals surface area contributed by atoms with Crippen LogP contribution in [0.5, 0.6) is 5.75 Å². The van der Waals surface area contributed by atoms with Crippen LogP contribution in [0, 0.1) is 3.57 Å². The van der Waals surface area contributed by atoms with Crippen LogP contribution in [0.1, 0.15) is 17.7 Å². The maximum absolute atomic E-state index is 12.1. The van der Waals surface area contributed by atoms with Gasteiger partial charge in [0.05, 0.1) is 19.1 Å². The van der Waals surface area contributed by atoms with Gasteiger partial charge in [-0.05, 0) is 70.3 Å². The maximum Gasteiger partial charge on any atom is 0.343 e. The van der Waals surface area contributed by atoms with Crippen molar-refractivity contribution in [3.63, 3.8) is 0 Å². The fourth-order valence-electron chi connectivity index (χ4n) is 2.58. The smallest absolute Gasteiger partial charge is 0.343 e. The molecule has 0 aliphatic rings. The molecule has 4 nitrogen and oxygen atoms in total. The number of halogens is 1. The Morgan fingerprint density at radius 3 is 2.64 bits per heavy atom. The zero-order valence-corrected chi connectivity index (χ0v) is 16.1. The maximum atomic E-state index is 12.1. The molecule has 0 fully saturated rings. The van der Waals surface area contributed by atoms with Crippen LogP contribution in [-0.2, 0) is 17.8 Å². The number of benzene rings is 2. The van der Waals surface area contributed by atoms with Crippen molar-refractivity contribution in [2.45, 2.75) is 19.4 Å². The van der Waals surface area contributed by atoms with Crippen molar-refractivity contribution in [2.75, 3.05) is 13.7 Å². The summed E-state index contributed by atoms with van der Waals surface area (Å²) < 4.78 is 17.4. The fourth-order valence-corrected chi connectivity index (χ4v) is 2.94. The normalized spacial score (nSPS) is 11.0. The Labute approximate surface area is 159 Å². The number of aryl methyl sites for hydroxylation is 1. The van der Waals surface area contributed by atoms with Gasteiger partial charge in [-0.2, -0.15) is 0 Å². The highest BCUT2D eigenvalue weighted by atomic mass is 127. The molecule has 0 bridgehead atoms. The molecule has 0 unspecified atom stereocenters. The first-order valence-corrected chi connectivity index (χ1v) is 9.16. The second kappa shape index (κ2) is 8.49. The van der Waals surface area contributed by atoms with Gasteiger partial charge in [0.1, 0.15) is 11.5 Å². The Hall–Kier alpha value is -1.86. The number of rotatable bonds is 7. The number of fused-ring (bicyclic) bond motifs is 1. The highest BCUT2D eigenvalue weighted by Crippen LogP contribution is 2.19. The van der Waals surface area contributed by atoms with E-state index in [1.165, 1.54) is 3.57 Å². The van der Waals surface area contributed by atoms with Crippen LogP contribution in [0.3, 0.4) is 0 Å². The topological polar surface area (TPSA) is 48.7 Å². The molecule has 3 aromatic rings. The quantitative estimate of drug-likeness (QED) is 0.392. The van der Waals surface area contributed by atoms with Gasteiger partial charge in [0, 0.05) is 16.6 Å². The minimum atomic E-state index is -0.328. The summed E-state index contributed by atoms with van der Waals surface area (Å²) in [6.45, 7) is 1.22. The summed E-state index contributed by atoms with van der Waals surface area (Å²) in [6, 6.07) is 15.6. The van der Waals surface area contributed by atoms with E-state index < -0.39 is 0 Å². The Bertz CT molecular complexity index is 900. The first-order chi connectivity index (χ1) is 12.2. The van der Waals surface area contributed by atoms with E-state index in [1.54, 1.807) is 13.2 Å². The average Bonchev–Trinajstić information content (AvgIpc) is 2.63. The zero-order chi connectivity index (χ0) is 17.6. The Balaban J connectivity index is 1.54. The van der Waals surface area contributed by atoms with Gasteiger partial charge in [0.25, 0.3) is 0 Å². The molecule has 1 aromatic heterocycles. The van der Waals surface area contributed by atoms with Gasteiger partial charge in [-0.1, -0.05) is 18.2 Å². The lowest BCUT2D eigenvalue weighted by atomic mass is 10.1. The van der Waals surface area contributed by atoms with Crippen LogP contribution in [-0.4, -0.2) is 13.7 Å². The van der Waals surface area contributed by atoms with Gasteiger partial charge in [-0.15, -0.1) is 0 Å². The van der Waals surface area contributed by atoms with E-state index in [9.17, 15) is 4.79 Å². The second-order valence-electron chi connectivity index (χ2n) is 5.74. The Morgan fingerprint density at radius 1 is 1.08 bits per heavy atom. The number of hydrogen-bond acceptors (Lipinski definition) is 4. The van der Waals surface area contributed by atoms with Crippen LogP contribution in [0.2, 0.25) is 0 Å². The van der Waals surface area contributed by atoms with E-state index >= 15 is 0 Å². The summed E-state index contributed by atoms with van der Waals surface area (Å²) in [4.78, 5) is 12.1. The third kappa shape index (κ3) is 4.83. The minimum Gasteiger partial charge on any atom is -0.497 e. The Kier molecular flexibility index (Phi) is 6.09. The van der Waals surface area contributed by atoms with Gasteiger partial charge in [0.15, 0.2) is 0 Å². The lowest BCUT2D eigenvalue weighted by Gasteiger charge is -2.06. The van der Waals surface area contributed by atoms with Crippen molar-refractivity contribution in [1.82, 2.24) is 0 Å². The molecule has 1 heterocycles. The zero-order valence-electron chi connectivity index (χ0n) is 14.0. The van der Waals surface area contributed by atoms with Crippen LogP contribution >= 0.6 is 22.6 Å². The van der Waals surface area contributed by atoms with Crippen molar-refractivity contribution in [3.05, 3.63) is 73.8 Å². The van der Waals surface area contributed by atoms with Crippen molar-refractivity contribution < 1.29 is 13.9 Å². The van der Waals surface area contributed by atoms with E-state index in [-0.39, 0.29) is 5.63 Å². The number of methoxy groups -OCH3 is 1.